The number of amides is 1. The van der Waals surface area contributed by atoms with E-state index in [0.717, 1.165) is 12.8 Å². The number of rotatable bonds is 7. The van der Waals surface area contributed by atoms with Crippen molar-refractivity contribution in [2.45, 2.75) is 38.3 Å². The predicted molar refractivity (Wildman–Crippen MR) is 63.8 cm³/mol. The monoisotopic (exact) mass is 251 g/mol. The second-order valence-corrected chi connectivity index (χ2v) is 4.48. The van der Waals surface area contributed by atoms with Gasteiger partial charge in [0.25, 0.3) is 0 Å². The summed E-state index contributed by atoms with van der Waals surface area (Å²) >= 11 is 0. The van der Waals surface area contributed by atoms with Crippen molar-refractivity contribution in [1.29, 1.82) is 0 Å². The quantitative estimate of drug-likeness (QED) is 0.775. The van der Waals surface area contributed by atoms with Crippen molar-refractivity contribution in [3.63, 3.8) is 0 Å². The number of aryl methyl sites for hydroxylation is 1. The van der Waals surface area contributed by atoms with E-state index in [9.17, 15) is 9.59 Å². The normalized spacial score (nSPS) is 14.4. The zero-order chi connectivity index (χ0) is 13.0. The van der Waals surface area contributed by atoms with Gasteiger partial charge in [-0.25, -0.2) is 0 Å². The third-order valence-electron chi connectivity index (χ3n) is 2.99. The van der Waals surface area contributed by atoms with Gasteiger partial charge in [0, 0.05) is 37.9 Å². The molecule has 0 unspecified atom stereocenters. The molecule has 0 radical (unpaired) electrons. The topological polar surface area (TPSA) is 75.4 Å². The van der Waals surface area contributed by atoms with Gasteiger partial charge >= 0.3 is 5.97 Å². The highest BCUT2D eigenvalue weighted by molar-refractivity contribution is 5.77. The second kappa shape index (κ2) is 5.66. The molecule has 6 heteroatoms. The van der Waals surface area contributed by atoms with Crippen LogP contribution < -0.4 is 0 Å². The van der Waals surface area contributed by atoms with E-state index in [1.165, 1.54) is 0 Å². The van der Waals surface area contributed by atoms with Crippen molar-refractivity contribution >= 4 is 11.9 Å². The van der Waals surface area contributed by atoms with E-state index in [0.29, 0.717) is 19.5 Å². The average molecular weight is 251 g/mol. The first-order valence-corrected chi connectivity index (χ1v) is 6.15. The van der Waals surface area contributed by atoms with E-state index in [1.807, 2.05) is 12.3 Å². The molecule has 0 spiro atoms. The molecule has 0 bridgehead atoms. The number of hydrogen-bond donors (Lipinski definition) is 1. The number of carboxylic acids is 1. The fourth-order valence-electron chi connectivity index (χ4n) is 1.90. The SMILES string of the molecule is O=C(O)CCN(C(=O)CCn1cccn1)C1CC1. The van der Waals surface area contributed by atoms with Gasteiger partial charge in [0.1, 0.15) is 0 Å². The largest absolute Gasteiger partial charge is 0.481 e. The lowest BCUT2D eigenvalue weighted by Gasteiger charge is -2.21. The Balaban J connectivity index is 1.81. The van der Waals surface area contributed by atoms with Gasteiger partial charge in [-0.2, -0.15) is 5.10 Å². The Kier molecular flexibility index (Phi) is 3.96. The molecule has 1 saturated carbocycles. The van der Waals surface area contributed by atoms with E-state index in [2.05, 4.69) is 5.10 Å². The zero-order valence-corrected chi connectivity index (χ0v) is 10.2. The van der Waals surface area contributed by atoms with Crippen LogP contribution in [0.5, 0.6) is 0 Å². The summed E-state index contributed by atoms with van der Waals surface area (Å²) in [5, 5.41) is 12.7. The molecule has 6 nitrogen and oxygen atoms in total. The molecule has 1 N–H and O–H groups in total. The first-order chi connectivity index (χ1) is 8.66. The molecule has 1 aliphatic carbocycles. The maximum atomic E-state index is 12.0. The molecule has 0 aliphatic heterocycles. The fraction of sp³-hybridized carbons (Fsp3) is 0.583. The van der Waals surface area contributed by atoms with Gasteiger partial charge in [-0.1, -0.05) is 0 Å². The Morgan fingerprint density at radius 3 is 2.72 bits per heavy atom. The highest BCUT2D eigenvalue weighted by atomic mass is 16.4. The lowest BCUT2D eigenvalue weighted by Crippen LogP contribution is -2.35. The number of aliphatic carboxylic acids is 1. The van der Waals surface area contributed by atoms with Gasteiger partial charge in [-0.05, 0) is 18.9 Å². The zero-order valence-electron chi connectivity index (χ0n) is 10.2. The van der Waals surface area contributed by atoms with E-state index in [1.54, 1.807) is 15.8 Å². The molecular formula is C12H17N3O3. The number of carbonyl (C=O) groups excluding carboxylic acids is 1. The van der Waals surface area contributed by atoms with Crippen LogP contribution in [0.25, 0.3) is 0 Å². The van der Waals surface area contributed by atoms with Crippen molar-refractivity contribution in [3.05, 3.63) is 18.5 Å². The summed E-state index contributed by atoms with van der Waals surface area (Å²) in [5.74, 6) is -0.838. The molecule has 1 aromatic rings. The molecule has 0 saturated heterocycles. The van der Waals surface area contributed by atoms with Crippen LogP contribution in [0.2, 0.25) is 0 Å². The molecule has 0 atom stereocenters. The molecule has 1 fully saturated rings. The van der Waals surface area contributed by atoms with Crippen LogP contribution in [0.15, 0.2) is 18.5 Å². The first-order valence-electron chi connectivity index (χ1n) is 6.15. The Bertz CT molecular complexity index is 412. The van der Waals surface area contributed by atoms with Crippen molar-refractivity contribution in [1.82, 2.24) is 14.7 Å². The fourth-order valence-corrected chi connectivity index (χ4v) is 1.90. The third kappa shape index (κ3) is 3.58. The van der Waals surface area contributed by atoms with Crippen LogP contribution in [0.3, 0.4) is 0 Å². The van der Waals surface area contributed by atoms with Crippen LogP contribution in [-0.2, 0) is 16.1 Å². The highest BCUT2D eigenvalue weighted by Crippen LogP contribution is 2.27. The van der Waals surface area contributed by atoms with Gasteiger partial charge in [0.2, 0.25) is 5.91 Å². The number of aromatic nitrogens is 2. The lowest BCUT2D eigenvalue weighted by molar-refractivity contribution is -0.138. The van der Waals surface area contributed by atoms with E-state index in [-0.39, 0.29) is 18.4 Å². The van der Waals surface area contributed by atoms with Crippen LogP contribution in [0, 0.1) is 0 Å². The van der Waals surface area contributed by atoms with Crippen LogP contribution in [0.1, 0.15) is 25.7 Å². The minimum absolute atomic E-state index is 0.0179. The van der Waals surface area contributed by atoms with Gasteiger partial charge in [-0.15, -0.1) is 0 Å². The standard InChI is InChI=1S/C12H17N3O3/c16-11(4-8-14-7-1-6-13-14)15(10-2-3-10)9-5-12(17)18/h1,6-7,10H,2-5,8-9H2,(H,17,18). The average Bonchev–Trinajstić information content (AvgIpc) is 3.03. The molecular weight excluding hydrogens is 234 g/mol. The van der Waals surface area contributed by atoms with Gasteiger partial charge in [0.15, 0.2) is 0 Å². The maximum absolute atomic E-state index is 12.0. The van der Waals surface area contributed by atoms with Gasteiger partial charge in [0.05, 0.1) is 6.42 Å². The lowest BCUT2D eigenvalue weighted by atomic mass is 10.3. The summed E-state index contributed by atoms with van der Waals surface area (Å²) in [7, 11) is 0. The predicted octanol–water partition coefficient (Wildman–Crippen LogP) is 0.739. The number of hydrogen-bond acceptors (Lipinski definition) is 3. The number of nitrogens with zero attached hydrogens (tertiary/aromatic N) is 3. The molecule has 1 heterocycles. The maximum Gasteiger partial charge on any atom is 0.305 e. The van der Waals surface area contributed by atoms with E-state index >= 15 is 0 Å². The van der Waals surface area contributed by atoms with Gasteiger partial charge in [-0.3, -0.25) is 14.3 Å². The summed E-state index contributed by atoms with van der Waals surface area (Å²) in [4.78, 5) is 24.3. The van der Waals surface area contributed by atoms with E-state index < -0.39 is 5.97 Å². The first kappa shape index (κ1) is 12.6. The molecule has 1 aromatic heterocycles. The Hall–Kier alpha value is -1.85. The molecule has 18 heavy (non-hydrogen) atoms. The highest BCUT2D eigenvalue weighted by Gasteiger charge is 2.32. The minimum Gasteiger partial charge on any atom is -0.481 e. The summed E-state index contributed by atoms with van der Waals surface area (Å²) < 4.78 is 1.71. The molecule has 1 amide bonds. The second-order valence-electron chi connectivity index (χ2n) is 4.48. The summed E-state index contributed by atoms with van der Waals surface area (Å²) in [6.07, 6.45) is 5.86. The van der Waals surface area contributed by atoms with E-state index in [4.69, 9.17) is 5.11 Å². The molecule has 0 aromatic carbocycles. The van der Waals surface area contributed by atoms with Gasteiger partial charge < -0.3 is 10.0 Å². The van der Waals surface area contributed by atoms with Crippen molar-refractivity contribution < 1.29 is 14.7 Å². The summed E-state index contributed by atoms with van der Waals surface area (Å²) in [6.45, 7) is 0.861. The van der Waals surface area contributed by atoms with Crippen LogP contribution in [0.4, 0.5) is 0 Å². The number of carbonyl (C=O) groups is 2. The molecule has 2 rings (SSSR count). The molecule has 1 aliphatic rings. The van der Waals surface area contributed by atoms with Crippen molar-refractivity contribution in [3.8, 4) is 0 Å². The Morgan fingerprint density at radius 2 is 2.17 bits per heavy atom. The third-order valence-corrected chi connectivity index (χ3v) is 2.99. The van der Waals surface area contributed by atoms with Crippen LogP contribution >= 0.6 is 0 Å². The van der Waals surface area contributed by atoms with Crippen molar-refractivity contribution in [2.24, 2.45) is 0 Å². The smallest absolute Gasteiger partial charge is 0.305 e. The number of carboxylic acid groups (broad SMARTS) is 1. The van der Waals surface area contributed by atoms with Crippen molar-refractivity contribution in [2.75, 3.05) is 6.54 Å². The minimum atomic E-state index is -0.861. The Labute approximate surface area is 105 Å². The molecule has 98 valence electrons. The summed E-state index contributed by atoms with van der Waals surface area (Å²) in [6, 6.07) is 2.07. The Morgan fingerprint density at radius 1 is 1.39 bits per heavy atom. The van der Waals surface area contributed by atoms with Crippen LogP contribution in [-0.4, -0.2) is 44.3 Å². The summed E-state index contributed by atoms with van der Waals surface area (Å²) in [5.41, 5.74) is 0.